The summed E-state index contributed by atoms with van der Waals surface area (Å²) in [5.74, 6) is 1.09. The van der Waals surface area contributed by atoms with Gasteiger partial charge in [0.2, 0.25) is 10.0 Å². The van der Waals surface area contributed by atoms with Gasteiger partial charge >= 0.3 is 0 Å². The van der Waals surface area contributed by atoms with E-state index in [1.165, 1.54) is 18.6 Å². The molecule has 1 heterocycles. The Kier molecular flexibility index (Phi) is 6.26. The van der Waals surface area contributed by atoms with Crippen molar-refractivity contribution >= 4 is 27.6 Å². The molecule has 0 spiro atoms. The van der Waals surface area contributed by atoms with Gasteiger partial charge in [-0.25, -0.2) is 13.1 Å². The lowest BCUT2D eigenvalue weighted by molar-refractivity contribution is 0.270. The van der Waals surface area contributed by atoms with Gasteiger partial charge in [-0.05, 0) is 37.0 Å². The minimum Gasteiger partial charge on any atom is -0.370 e. The number of nitrogens with zero attached hydrogens (tertiary/aromatic N) is 2. The Balaban J connectivity index is 1.85. The summed E-state index contributed by atoms with van der Waals surface area (Å²) in [6.45, 7) is 4.51. The highest BCUT2D eigenvalue weighted by atomic mass is 35.5. The van der Waals surface area contributed by atoms with Crippen LogP contribution in [0.15, 0.2) is 34.2 Å². The van der Waals surface area contributed by atoms with Crippen molar-refractivity contribution in [1.82, 2.24) is 9.62 Å². The molecule has 6 nitrogen and oxygen atoms in total. The van der Waals surface area contributed by atoms with Crippen LogP contribution in [0.25, 0.3) is 0 Å². The Labute approximate surface area is 142 Å². The maximum Gasteiger partial charge on any atom is 0.240 e. The van der Waals surface area contributed by atoms with Crippen LogP contribution in [-0.2, 0) is 10.0 Å². The fourth-order valence-corrected chi connectivity index (χ4v) is 3.89. The Morgan fingerprint density at radius 3 is 3.00 bits per heavy atom. The lowest BCUT2D eigenvalue weighted by Crippen LogP contribution is -2.43. The molecule has 1 aromatic carbocycles. The Morgan fingerprint density at radius 2 is 2.30 bits per heavy atom. The Hall–Kier alpha value is -1.31. The number of guanidine groups is 1. The van der Waals surface area contributed by atoms with E-state index in [4.69, 9.17) is 17.3 Å². The molecule has 1 fully saturated rings. The summed E-state index contributed by atoms with van der Waals surface area (Å²) in [5.41, 5.74) is 5.97. The zero-order valence-electron chi connectivity index (χ0n) is 13.2. The van der Waals surface area contributed by atoms with Crippen LogP contribution in [0.5, 0.6) is 0 Å². The van der Waals surface area contributed by atoms with E-state index in [0.717, 1.165) is 19.5 Å². The molecule has 2 rings (SSSR count). The number of aliphatic imine (C=N–C) groups is 1. The second kappa shape index (κ2) is 7.99. The molecule has 1 unspecified atom stereocenters. The number of halogens is 1. The van der Waals surface area contributed by atoms with Crippen LogP contribution in [0.1, 0.15) is 19.8 Å². The zero-order chi connectivity index (χ0) is 16.9. The summed E-state index contributed by atoms with van der Waals surface area (Å²) in [7, 11) is -3.57. The van der Waals surface area contributed by atoms with Crippen LogP contribution in [0, 0.1) is 5.92 Å². The molecule has 0 amide bonds. The molecule has 128 valence electrons. The average Bonchev–Trinajstić information content (AvgIpc) is 2.51. The molecule has 0 aromatic heterocycles. The molecule has 1 aliphatic rings. The van der Waals surface area contributed by atoms with Crippen LogP contribution >= 0.6 is 11.6 Å². The van der Waals surface area contributed by atoms with Crippen LogP contribution in [-0.4, -0.2) is 45.5 Å². The largest absolute Gasteiger partial charge is 0.370 e. The minimum atomic E-state index is -3.57. The monoisotopic (exact) mass is 358 g/mol. The molecule has 1 atom stereocenters. The quantitative estimate of drug-likeness (QED) is 0.476. The maximum absolute atomic E-state index is 12.1. The van der Waals surface area contributed by atoms with Crippen molar-refractivity contribution in [3.63, 3.8) is 0 Å². The smallest absolute Gasteiger partial charge is 0.240 e. The van der Waals surface area contributed by atoms with Gasteiger partial charge in [0.15, 0.2) is 5.96 Å². The van der Waals surface area contributed by atoms with E-state index in [0.29, 0.717) is 23.4 Å². The number of nitrogens with two attached hydrogens (primary N) is 1. The highest BCUT2D eigenvalue weighted by molar-refractivity contribution is 7.89. The van der Waals surface area contributed by atoms with E-state index in [-0.39, 0.29) is 11.4 Å². The van der Waals surface area contributed by atoms with Crippen molar-refractivity contribution in [3.05, 3.63) is 29.3 Å². The van der Waals surface area contributed by atoms with Crippen molar-refractivity contribution in [2.75, 3.05) is 26.2 Å². The number of hydrogen-bond donors (Lipinski definition) is 2. The van der Waals surface area contributed by atoms with Gasteiger partial charge in [-0.2, -0.15) is 0 Å². The molecule has 23 heavy (non-hydrogen) atoms. The molecule has 3 N–H and O–H groups in total. The maximum atomic E-state index is 12.1. The Morgan fingerprint density at radius 1 is 1.52 bits per heavy atom. The molecular weight excluding hydrogens is 336 g/mol. The minimum absolute atomic E-state index is 0.145. The number of likely N-dealkylation sites (tertiary alicyclic amines) is 1. The summed E-state index contributed by atoms with van der Waals surface area (Å²) in [5, 5.41) is 0.384. The molecular formula is C15H23ClN4O2S. The first-order valence-electron chi connectivity index (χ1n) is 7.68. The molecule has 0 saturated carbocycles. The van der Waals surface area contributed by atoms with Gasteiger partial charge in [0, 0.05) is 24.7 Å². The van der Waals surface area contributed by atoms with Crippen molar-refractivity contribution in [2.45, 2.75) is 24.7 Å². The summed E-state index contributed by atoms with van der Waals surface area (Å²) < 4.78 is 26.7. The van der Waals surface area contributed by atoms with Crippen LogP contribution in [0.3, 0.4) is 0 Å². The number of nitrogens with one attached hydrogen (secondary N) is 1. The van der Waals surface area contributed by atoms with Gasteiger partial charge in [-0.15, -0.1) is 0 Å². The van der Waals surface area contributed by atoms with Gasteiger partial charge in [0.05, 0.1) is 11.4 Å². The first-order chi connectivity index (χ1) is 10.9. The van der Waals surface area contributed by atoms with Gasteiger partial charge in [0.25, 0.3) is 0 Å². The van der Waals surface area contributed by atoms with Gasteiger partial charge < -0.3 is 10.6 Å². The third-order valence-electron chi connectivity index (χ3n) is 3.77. The highest BCUT2D eigenvalue weighted by Crippen LogP contribution is 2.15. The number of piperidine rings is 1. The Bertz CT molecular complexity index is 663. The summed E-state index contributed by atoms with van der Waals surface area (Å²) in [6, 6.07) is 6.15. The number of benzene rings is 1. The average molecular weight is 359 g/mol. The third-order valence-corrected chi connectivity index (χ3v) is 5.46. The van der Waals surface area contributed by atoms with E-state index in [1.54, 1.807) is 12.1 Å². The first kappa shape index (κ1) is 18.0. The van der Waals surface area contributed by atoms with E-state index in [1.807, 2.05) is 0 Å². The van der Waals surface area contributed by atoms with Crippen LogP contribution < -0.4 is 10.5 Å². The van der Waals surface area contributed by atoms with Crippen LogP contribution in [0.4, 0.5) is 0 Å². The molecule has 0 bridgehead atoms. The molecule has 0 radical (unpaired) electrons. The molecule has 1 aromatic rings. The van der Waals surface area contributed by atoms with E-state index in [2.05, 4.69) is 21.5 Å². The van der Waals surface area contributed by atoms with E-state index >= 15 is 0 Å². The lowest BCUT2D eigenvalue weighted by atomic mass is 10.0. The summed E-state index contributed by atoms with van der Waals surface area (Å²) in [6.07, 6.45) is 2.32. The lowest BCUT2D eigenvalue weighted by Gasteiger charge is -2.31. The zero-order valence-corrected chi connectivity index (χ0v) is 14.8. The number of rotatable bonds is 5. The van der Waals surface area contributed by atoms with Gasteiger partial charge in [-0.3, -0.25) is 4.99 Å². The third kappa shape index (κ3) is 5.37. The number of hydrogen-bond acceptors (Lipinski definition) is 3. The van der Waals surface area contributed by atoms with E-state index in [9.17, 15) is 8.42 Å². The normalized spacial score (nSPS) is 19.8. The SMILES string of the molecule is CC1CCCN(C(N)=NCCNS(=O)(=O)c2cccc(Cl)c2)C1. The molecule has 1 aliphatic heterocycles. The molecule has 8 heteroatoms. The summed E-state index contributed by atoms with van der Waals surface area (Å²) in [4.78, 5) is 6.46. The second-order valence-electron chi connectivity index (χ2n) is 5.79. The predicted octanol–water partition coefficient (Wildman–Crippen LogP) is 1.66. The number of sulfonamides is 1. The fraction of sp³-hybridized carbons (Fsp3) is 0.533. The standard InChI is InChI=1S/C15H23ClN4O2S/c1-12-4-3-9-20(11-12)15(17)18-7-8-19-23(21,22)14-6-2-5-13(16)10-14/h2,5-6,10,12,19H,3-4,7-9,11H2,1H3,(H2,17,18). The van der Waals surface area contributed by atoms with Crippen molar-refractivity contribution in [3.8, 4) is 0 Å². The van der Waals surface area contributed by atoms with E-state index < -0.39 is 10.0 Å². The van der Waals surface area contributed by atoms with Crippen molar-refractivity contribution in [1.29, 1.82) is 0 Å². The van der Waals surface area contributed by atoms with Crippen LogP contribution in [0.2, 0.25) is 5.02 Å². The topological polar surface area (TPSA) is 87.8 Å². The van der Waals surface area contributed by atoms with Gasteiger partial charge in [0.1, 0.15) is 0 Å². The van der Waals surface area contributed by atoms with Crippen molar-refractivity contribution in [2.24, 2.45) is 16.6 Å². The van der Waals surface area contributed by atoms with Gasteiger partial charge in [-0.1, -0.05) is 24.6 Å². The molecule has 0 aliphatic carbocycles. The second-order valence-corrected chi connectivity index (χ2v) is 7.99. The first-order valence-corrected chi connectivity index (χ1v) is 9.55. The highest BCUT2D eigenvalue weighted by Gasteiger charge is 2.17. The predicted molar refractivity (Wildman–Crippen MR) is 93.1 cm³/mol. The molecule has 1 saturated heterocycles. The van der Waals surface area contributed by atoms with Crippen molar-refractivity contribution < 1.29 is 8.42 Å². The summed E-state index contributed by atoms with van der Waals surface area (Å²) >= 11 is 5.82. The fourth-order valence-electron chi connectivity index (χ4n) is 2.57.